The maximum atomic E-state index is 2.44. The second kappa shape index (κ2) is 6.23. The molecule has 76 valence electrons. The summed E-state index contributed by atoms with van der Waals surface area (Å²) >= 11 is 0. The number of allylic oxidation sites excluding steroid dienone is 2. The van der Waals surface area contributed by atoms with Crippen molar-refractivity contribution in [2.24, 2.45) is 5.92 Å². The molecule has 13 heavy (non-hydrogen) atoms. The van der Waals surface area contributed by atoms with E-state index >= 15 is 0 Å². The molecule has 0 aromatic heterocycles. The second-order valence-corrected chi connectivity index (χ2v) is 4.36. The minimum atomic E-state index is 1.12. The molecule has 0 heterocycles. The summed E-state index contributed by atoms with van der Waals surface area (Å²) < 4.78 is 0. The Bertz CT molecular complexity index is 151. The lowest BCUT2D eigenvalue weighted by atomic mass is 10.0. The Balaban J connectivity index is 2.08. The maximum absolute atomic E-state index is 2.44. The second-order valence-electron chi connectivity index (χ2n) is 4.36. The predicted octanol–water partition coefficient (Wildman–Crippen LogP) is 4.70. The van der Waals surface area contributed by atoms with Crippen LogP contribution in [-0.4, -0.2) is 0 Å². The van der Waals surface area contributed by atoms with Crippen LogP contribution in [0.2, 0.25) is 0 Å². The topological polar surface area (TPSA) is 0 Å². The largest absolute Gasteiger partial charge is 0.0856 e. The Morgan fingerprint density at radius 1 is 1.23 bits per heavy atom. The molecule has 0 aromatic rings. The molecular weight excluding hydrogens is 156 g/mol. The predicted molar refractivity (Wildman–Crippen MR) is 59.9 cm³/mol. The molecule has 1 fully saturated rings. The third-order valence-electron chi connectivity index (χ3n) is 2.87. The zero-order valence-corrected chi connectivity index (χ0v) is 9.31. The minimum absolute atomic E-state index is 1.12. The Labute approximate surface area is 83.4 Å². The van der Waals surface area contributed by atoms with Crippen LogP contribution in [0.25, 0.3) is 0 Å². The molecule has 1 saturated carbocycles. The highest BCUT2D eigenvalue weighted by Crippen LogP contribution is 2.34. The molecule has 0 unspecified atom stereocenters. The molecule has 0 N–H and O–H groups in total. The Kier molecular flexibility index (Phi) is 5.19. The van der Waals surface area contributed by atoms with Gasteiger partial charge in [-0.05, 0) is 31.6 Å². The molecule has 1 aliphatic carbocycles. The number of hydrogen-bond acceptors (Lipinski definition) is 0. The van der Waals surface area contributed by atoms with Gasteiger partial charge < -0.3 is 0 Å². The van der Waals surface area contributed by atoms with Crippen molar-refractivity contribution in [1.82, 2.24) is 0 Å². The van der Waals surface area contributed by atoms with Gasteiger partial charge in [0.15, 0.2) is 0 Å². The van der Waals surface area contributed by atoms with E-state index in [1.807, 2.05) is 0 Å². The van der Waals surface area contributed by atoms with Gasteiger partial charge in [-0.1, -0.05) is 51.2 Å². The first kappa shape index (κ1) is 10.8. The first-order valence-electron chi connectivity index (χ1n) is 6.04. The highest BCUT2D eigenvalue weighted by atomic mass is 14.3. The van der Waals surface area contributed by atoms with E-state index in [1.54, 1.807) is 5.57 Å². The summed E-state index contributed by atoms with van der Waals surface area (Å²) in [5, 5.41) is 0. The summed E-state index contributed by atoms with van der Waals surface area (Å²) in [5.74, 6) is 1.12. The van der Waals surface area contributed by atoms with Crippen LogP contribution in [0, 0.1) is 5.92 Å². The average Bonchev–Trinajstić information content (AvgIpc) is 2.89. The van der Waals surface area contributed by atoms with Crippen LogP contribution >= 0.6 is 0 Å². The summed E-state index contributed by atoms with van der Waals surface area (Å²) in [6, 6.07) is 0. The summed E-state index contributed by atoms with van der Waals surface area (Å²) in [4.78, 5) is 0. The van der Waals surface area contributed by atoms with Crippen LogP contribution in [0.4, 0.5) is 0 Å². The number of rotatable bonds is 7. The summed E-state index contributed by atoms with van der Waals surface area (Å²) in [7, 11) is 0. The van der Waals surface area contributed by atoms with Crippen molar-refractivity contribution in [3.63, 3.8) is 0 Å². The minimum Gasteiger partial charge on any atom is -0.0856 e. The average molecular weight is 180 g/mol. The van der Waals surface area contributed by atoms with Gasteiger partial charge in [-0.2, -0.15) is 0 Å². The van der Waals surface area contributed by atoms with Gasteiger partial charge in [-0.25, -0.2) is 0 Å². The lowest BCUT2D eigenvalue weighted by molar-refractivity contribution is 0.648. The van der Waals surface area contributed by atoms with E-state index in [2.05, 4.69) is 19.9 Å². The lowest BCUT2D eigenvalue weighted by Crippen LogP contribution is -1.86. The van der Waals surface area contributed by atoms with E-state index in [-0.39, 0.29) is 0 Å². The normalized spacial score (nSPS) is 17.8. The first-order chi connectivity index (χ1) is 6.36. The molecule has 0 aromatic carbocycles. The molecule has 0 radical (unpaired) electrons. The highest BCUT2D eigenvalue weighted by Gasteiger charge is 2.20. The zero-order chi connectivity index (χ0) is 9.52. The fourth-order valence-corrected chi connectivity index (χ4v) is 1.96. The van der Waals surface area contributed by atoms with Crippen molar-refractivity contribution in [3.05, 3.63) is 11.6 Å². The van der Waals surface area contributed by atoms with Gasteiger partial charge >= 0.3 is 0 Å². The van der Waals surface area contributed by atoms with Crippen LogP contribution < -0.4 is 0 Å². The van der Waals surface area contributed by atoms with Crippen LogP contribution in [0.15, 0.2) is 11.6 Å². The van der Waals surface area contributed by atoms with Gasteiger partial charge in [0.05, 0.1) is 0 Å². The van der Waals surface area contributed by atoms with Gasteiger partial charge in [0.2, 0.25) is 0 Å². The molecule has 0 saturated heterocycles. The molecule has 0 amide bonds. The van der Waals surface area contributed by atoms with E-state index < -0.39 is 0 Å². The zero-order valence-electron chi connectivity index (χ0n) is 9.31. The molecule has 1 rings (SSSR count). The summed E-state index contributed by atoms with van der Waals surface area (Å²) in [6.07, 6.45) is 13.6. The first-order valence-corrected chi connectivity index (χ1v) is 6.04. The monoisotopic (exact) mass is 180 g/mol. The van der Waals surface area contributed by atoms with E-state index in [0.717, 1.165) is 5.92 Å². The third kappa shape index (κ3) is 5.13. The fraction of sp³-hybridized carbons (Fsp3) is 0.846. The maximum Gasteiger partial charge on any atom is -0.0320 e. The van der Waals surface area contributed by atoms with E-state index in [9.17, 15) is 0 Å². The van der Waals surface area contributed by atoms with Crippen molar-refractivity contribution in [1.29, 1.82) is 0 Å². The van der Waals surface area contributed by atoms with Crippen molar-refractivity contribution in [2.45, 2.75) is 65.2 Å². The SMILES string of the molecule is CC/C=C(\CCC)CCCC1CC1. The fourth-order valence-electron chi connectivity index (χ4n) is 1.96. The summed E-state index contributed by atoms with van der Waals surface area (Å²) in [5.41, 5.74) is 1.71. The van der Waals surface area contributed by atoms with Crippen LogP contribution in [0.5, 0.6) is 0 Å². The Morgan fingerprint density at radius 3 is 2.54 bits per heavy atom. The van der Waals surface area contributed by atoms with Gasteiger partial charge in [0, 0.05) is 0 Å². The molecule has 0 bridgehead atoms. The van der Waals surface area contributed by atoms with Gasteiger partial charge in [0.1, 0.15) is 0 Å². The van der Waals surface area contributed by atoms with Gasteiger partial charge in [-0.15, -0.1) is 0 Å². The van der Waals surface area contributed by atoms with Crippen molar-refractivity contribution in [2.75, 3.05) is 0 Å². The van der Waals surface area contributed by atoms with E-state index in [4.69, 9.17) is 0 Å². The molecule has 1 aliphatic rings. The Hall–Kier alpha value is -0.260. The molecule has 0 aliphatic heterocycles. The lowest BCUT2D eigenvalue weighted by Gasteiger charge is -2.05. The molecule has 0 spiro atoms. The smallest absolute Gasteiger partial charge is 0.0320 e. The quantitative estimate of drug-likeness (QED) is 0.498. The van der Waals surface area contributed by atoms with Crippen molar-refractivity contribution in [3.8, 4) is 0 Å². The molecule has 0 atom stereocenters. The summed E-state index contributed by atoms with van der Waals surface area (Å²) in [6.45, 7) is 4.53. The van der Waals surface area contributed by atoms with Crippen LogP contribution in [0.1, 0.15) is 65.2 Å². The third-order valence-corrected chi connectivity index (χ3v) is 2.87. The molecule has 0 nitrogen and oxygen atoms in total. The molecular formula is C13H24. The van der Waals surface area contributed by atoms with E-state index in [1.165, 1.54) is 51.4 Å². The van der Waals surface area contributed by atoms with Crippen LogP contribution in [0.3, 0.4) is 0 Å². The number of hydrogen-bond donors (Lipinski definition) is 0. The Morgan fingerprint density at radius 2 is 2.00 bits per heavy atom. The van der Waals surface area contributed by atoms with Crippen LogP contribution in [-0.2, 0) is 0 Å². The standard InChI is InChI=1S/C13H24/c1-3-6-12(7-4-2)8-5-9-13-10-11-13/h6,13H,3-5,7-11H2,1-2H3/b12-6+. The highest BCUT2D eigenvalue weighted by molar-refractivity contribution is 5.01. The molecule has 0 heteroatoms. The van der Waals surface area contributed by atoms with Gasteiger partial charge in [-0.3, -0.25) is 0 Å². The van der Waals surface area contributed by atoms with E-state index in [0.29, 0.717) is 0 Å². The van der Waals surface area contributed by atoms with Crippen molar-refractivity contribution >= 4 is 0 Å². The van der Waals surface area contributed by atoms with Crippen molar-refractivity contribution < 1.29 is 0 Å². The van der Waals surface area contributed by atoms with Gasteiger partial charge in [0.25, 0.3) is 0 Å².